The van der Waals surface area contributed by atoms with E-state index in [-0.39, 0.29) is 29.4 Å². The monoisotopic (exact) mass is 362 g/mol. The molecule has 0 saturated carbocycles. The van der Waals surface area contributed by atoms with E-state index in [0.717, 1.165) is 12.1 Å². The molecule has 26 heavy (non-hydrogen) atoms. The van der Waals surface area contributed by atoms with E-state index in [1.165, 1.54) is 12.1 Å². The van der Waals surface area contributed by atoms with Crippen LogP contribution in [0.25, 0.3) is 22.8 Å². The van der Waals surface area contributed by atoms with Crippen molar-refractivity contribution in [2.75, 3.05) is 6.61 Å². The Bertz CT molecular complexity index is 935. The molecule has 0 bridgehead atoms. The Morgan fingerprint density at radius 3 is 2.65 bits per heavy atom. The van der Waals surface area contributed by atoms with Gasteiger partial charge >= 0.3 is 12.1 Å². The number of carbonyl (C=O) groups excluding carboxylic acids is 1. The average molecular weight is 362 g/mol. The van der Waals surface area contributed by atoms with Gasteiger partial charge in [-0.25, -0.2) is 4.79 Å². The second-order valence-corrected chi connectivity index (χ2v) is 5.27. The maximum Gasteiger partial charge on any atom is 0.416 e. The molecule has 0 aliphatic carbocycles. The van der Waals surface area contributed by atoms with Gasteiger partial charge in [-0.05, 0) is 31.2 Å². The van der Waals surface area contributed by atoms with Crippen LogP contribution in [0.2, 0.25) is 0 Å². The van der Waals surface area contributed by atoms with E-state index in [1.54, 1.807) is 31.2 Å². The molecule has 0 amide bonds. The first-order valence-electron chi connectivity index (χ1n) is 7.68. The Morgan fingerprint density at radius 2 is 1.92 bits per heavy atom. The second kappa shape index (κ2) is 6.99. The van der Waals surface area contributed by atoms with Crippen molar-refractivity contribution >= 4 is 5.97 Å². The number of halogens is 3. The number of rotatable bonds is 4. The Hall–Kier alpha value is -3.16. The summed E-state index contributed by atoms with van der Waals surface area (Å²) < 4.78 is 48.7. The van der Waals surface area contributed by atoms with Crippen LogP contribution in [0.1, 0.15) is 22.8 Å². The number of aromatic nitrogens is 2. The third-order valence-electron chi connectivity index (χ3n) is 3.53. The highest BCUT2D eigenvalue weighted by molar-refractivity contribution is 5.96. The first-order chi connectivity index (χ1) is 12.4. The van der Waals surface area contributed by atoms with Crippen molar-refractivity contribution in [2.24, 2.45) is 0 Å². The zero-order chi connectivity index (χ0) is 18.7. The fourth-order valence-electron chi connectivity index (χ4n) is 2.34. The van der Waals surface area contributed by atoms with E-state index in [0.29, 0.717) is 5.56 Å². The van der Waals surface area contributed by atoms with Gasteiger partial charge in [-0.2, -0.15) is 18.2 Å². The lowest BCUT2D eigenvalue weighted by atomic mass is 10.1. The summed E-state index contributed by atoms with van der Waals surface area (Å²) in [4.78, 5) is 16.2. The number of alkyl halides is 3. The summed E-state index contributed by atoms with van der Waals surface area (Å²) in [6, 6.07) is 11.1. The van der Waals surface area contributed by atoms with E-state index in [1.807, 2.05) is 0 Å². The van der Waals surface area contributed by atoms with E-state index in [4.69, 9.17) is 9.26 Å². The molecule has 2 aromatic carbocycles. The highest BCUT2D eigenvalue weighted by Gasteiger charge is 2.31. The predicted molar refractivity (Wildman–Crippen MR) is 86.1 cm³/mol. The number of carbonyl (C=O) groups is 1. The van der Waals surface area contributed by atoms with Crippen molar-refractivity contribution in [3.8, 4) is 22.8 Å². The standard InChI is InChI=1S/C18H13F3N2O3/c1-2-25-17(24)14-9-4-3-8-13(14)16-22-15(23-26-16)11-6-5-7-12(10-11)18(19,20)21/h3-10H,2H2,1H3. The molecule has 0 N–H and O–H groups in total. The molecule has 0 radical (unpaired) electrons. The largest absolute Gasteiger partial charge is 0.462 e. The minimum absolute atomic E-state index is 0.00948. The molecule has 0 fully saturated rings. The lowest BCUT2D eigenvalue weighted by Crippen LogP contribution is -2.06. The molecule has 0 unspecified atom stereocenters. The molecule has 8 heteroatoms. The van der Waals surface area contributed by atoms with Crippen LogP contribution in [-0.4, -0.2) is 22.7 Å². The van der Waals surface area contributed by atoms with Crippen LogP contribution in [0, 0.1) is 0 Å². The molecule has 0 saturated heterocycles. The van der Waals surface area contributed by atoms with Gasteiger partial charge < -0.3 is 9.26 Å². The third-order valence-corrected chi connectivity index (χ3v) is 3.53. The van der Waals surface area contributed by atoms with Crippen LogP contribution >= 0.6 is 0 Å². The van der Waals surface area contributed by atoms with Gasteiger partial charge in [-0.1, -0.05) is 29.4 Å². The van der Waals surface area contributed by atoms with Gasteiger partial charge in [-0.3, -0.25) is 0 Å². The first kappa shape index (κ1) is 17.7. The van der Waals surface area contributed by atoms with Crippen molar-refractivity contribution in [3.63, 3.8) is 0 Å². The SMILES string of the molecule is CCOC(=O)c1ccccc1-c1nc(-c2cccc(C(F)(F)F)c2)no1. The van der Waals surface area contributed by atoms with Gasteiger partial charge in [0.1, 0.15) is 0 Å². The van der Waals surface area contributed by atoms with Crippen LogP contribution in [0.15, 0.2) is 53.1 Å². The molecule has 0 aliphatic rings. The zero-order valence-corrected chi connectivity index (χ0v) is 13.6. The fourth-order valence-corrected chi connectivity index (χ4v) is 2.34. The average Bonchev–Trinajstić information content (AvgIpc) is 3.11. The predicted octanol–water partition coefficient (Wildman–Crippen LogP) is 4.60. The topological polar surface area (TPSA) is 65.2 Å². The van der Waals surface area contributed by atoms with Crippen molar-refractivity contribution in [1.29, 1.82) is 0 Å². The van der Waals surface area contributed by atoms with Crippen molar-refractivity contribution in [2.45, 2.75) is 13.1 Å². The molecule has 0 atom stereocenters. The smallest absolute Gasteiger partial charge is 0.416 e. The summed E-state index contributed by atoms with van der Waals surface area (Å²) >= 11 is 0. The summed E-state index contributed by atoms with van der Waals surface area (Å²) in [6.45, 7) is 1.88. The Kier molecular flexibility index (Phi) is 4.75. The third kappa shape index (κ3) is 3.58. The van der Waals surface area contributed by atoms with E-state index >= 15 is 0 Å². The molecule has 5 nitrogen and oxygen atoms in total. The molecule has 0 aliphatic heterocycles. The number of benzene rings is 2. The molecule has 0 spiro atoms. The van der Waals surface area contributed by atoms with Crippen molar-refractivity contribution < 1.29 is 27.2 Å². The van der Waals surface area contributed by atoms with Crippen LogP contribution < -0.4 is 0 Å². The number of hydrogen-bond acceptors (Lipinski definition) is 5. The van der Waals surface area contributed by atoms with E-state index < -0.39 is 17.7 Å². The zero-order valence-electron chi connectivity index (χ0n) is 13.6. The van der Waals surface area contributed by atoms with Gasteiger partial charge in [0.25, 0.3) is 5.89 Å². The molecular weight excluding hydrogens is 349 g/mol. The summed E-state index contributed by atoms with van der Waals surface area (Å²) in [5.41, 5.74) is -0.0815. The Morgan fingerprint density at radius 1 is 1.15 bits per heavy atom. The van der Waals surface area contributed by atoms with E-state index in [2.05, 4.69) is 10.1 Å². The number of ether oxygens (including phenoxy) is 1. The van der Waals surface area contributed by atoms with Gasteiger partial charge in [0.2, 0.25) is 5.82 Å². The van der Waals surface area contributed by atoms with Gasteiger partial charge in [0.15, 0.2) is 0 Å². The lowest BCUT2D eigenvalue weighted by Gasteiger charge is -2.06. The molecular formula is C18H13F3N2O3. The second-order valence-electron chi connectivity index (χ2n) is 5.27. The van der Waals surface area contributed by atoms with Gasteiger partial charge in [0.05, 0.1) is 23.3 Å². The van der Waals surface area contributed by atoms with Crippen LogP contribution in [0.4, 0.5) is 13.2 Å². The number of esters is 1. The highest BCUT2D eigenvalue weighted by atomic mass is 19.4. The molecule has 3 rings (SSSR count). The Labute approximate surface area is 146 Å². The first-order valence-corrected chi connectivity index (χ1v) is 7.68. The summed E-state index contributed by atoms with van der Waals surface area (Å²) in [6.07, 6.45) is -4.47. The van der Waals surface area contributed by atoms with Gasteiger partial charge in [0, 0.05) is 5.56 Å². The maximum absolute atomic E-state index is 12.9. The molecule has 1 heterocycles. The van der Waals surface area contributed by atoms with Gasteiger partial charge in [-0.15, -0.1) is 0 Å². The van der Waals surface area contributed by atoms with E-state index in [9.17, 15) is 18.0 Å². The minimum atomic E-state index is -4.47. The lowest BCUT2D eigenvalue weighted by molar-refractivity contribution is -0.137. The highest BCUT2D eigenvalue weighted by Crippen LogP contribution is 2.32. The number of hydrogen-bond donors (Lipinski definition) is 0. The van der Waals surface area contributed by atoms with Crippen LogP contribution in [-0.2, 0) is 10.9 Å². The molecule has 3 aromatic rings. The quantitative estimate of drug-likeness (QED) is 0.635. The maximum atomic E-state index is 12.9. The van der Waals surface area contributed by atoms with Crippen LogP contribution in [0.5, 0.6) is 0 Å². The van der Waals surface area contributed by atoms with Crippen LogP contribution in [0.3, 0.4) is 0 Å². The van der Waals surface area contributed by atoms with Crippen molar-refractivity contribution in [1.82, 2.24) is 10.1 Å². The molecule has 1 aromatic heterocycles. The van der Waals surface area contributed by atoms with Crippen molar-refractivity contribution in [3.05, 3.63) is 59.7 Å². The summed E-state index contributed by atoms with van der Waals surface area (Å²) in [5, 5.41) is 3.73. The summed E-state index contributed by atoms with van der Waals surface area (Å²) in [7, 11) is 0. The Balaban J connectivity index is 1.98. The molecule has 134 valence electrons. The minimum Gasteiger partial charge on any atom is -0.462 e. The normalized spacial score (nSPS) is 11.4. The summed E-state index contributed by atoms with van der Waals surface area (Å²) in [5.74, 6) is -0.548. The fraction of sp³-hybridized carbons (Fsp3) is 0.167. The number of nitrogens with zero attached hydrogens (tertiary/aromatic N) is 2.